The van der Waals surface area contributed by atoms with Gasteiger partial charge in [0.2, 0.25) is 0 Å². The molecule has 2 rings (SSSR count). The molecular weight excluding hydrogens is 200 g/mol. The Kier molecular flexibility index (Phi) is 3.07. The Morgan fingerprint density at radius 3 is 3.00 bits per heavy atom. The molecule has 1 saturated heterocycles. The first kappa shape index (κ1) is 10.9. The smallest absolute Gasteiger partial charge is 0.146 e. The van der Waals surface area contributed by atoms with Gasteiger partial charge in [0.25, 0.3) is 0 Å². The molecule has 1 aliphatic rings. The highest BCUT2D eigenvalue weighted by molar-refractivity contribution is 5.54. The van der Waals surface area contributed by atoms with Crippen LogP contribution >= 0.6 is 0 Å². The van der Waals surface area contributed by atoms with Crippen molar-refractivity contribution in [2.75, 3.05) is 25.0 Å². The highest BCUT2D eigenvalue weighted by Crippen LogP contribution is 2.20. The lowest BCUT2D eigenvalue weighted by molar-refractivity contribution is 0.676. The van der Waals surface area contributed by atoms with Crippen LogP contribution in [0.25, 0.3) is 0 Å². The third-order valence-electron chi connectivity index (χ3n) is 3.05. The maximum atomic E-state index is 9.07. The highest BCUT2D eigenvalue weighted by Gasteiger charge is 2.22. The van der Waals surface area contributed by atoms with E-state index in [-0.39, 0.29) is 0 Å². The number of rotatable bonds is 2. The van der Waals surface area contributed by atoms with Crippen LogP contribution in [0.4, 0.5) is 5.82 Å². The average Bonchev–Trinajstić information content (AvgIpc) is 2.81. The van der Waals surface area contributed by atoms with Gasteiger partial charge in [-0.1, -0.05) is 0 Å². The Morgan fingerprint density at radius 1 is 1.56 bits per heavy atom. The normalized spacial score (nSPS) is 19.4. The SMILES string of the molecule is Cc1ccc(C#N)c(N(C)C2CCNC2)n1. The quantitative estimate of drug-likeness (QED) is 0.803. The van der Waals surface area contributed by atoms with E-state index in [1.165, 1.54) is 0 Å². The molecule has 4 heteroatoms. The number of nitrogens with one attached hydrogen (secondary N) is 1. The molecule has 1 aliphatic heterocycles. The minimum absolute atomic E-state index is 0.446. The summed E-state index contributed by atoms with van der Waals surface area (Å²) in [6.45, 7) is 3.96. The fourth-order valence-electron chi connectivity index (χ4n) is 2.04. The van der Waals surface area contributed by atoms with E-state index in [1.54, 1.807) is 0 Å². The summed E-state index contributed by atoms with van der Waals surface area (Å²) in [5, 5.41) is 12.4. The topological polar surface area (TPSA) is 52.0 Å². The lowest BCUT2D eigenvalue weighted by Crippen LogP contribution is -2.34. The molecular formula is C12H16N4. The van der Waals surface area contributed by atoms with Gasteiger partial charge in [0.1, 0.15) is 11.9 Å². The Labute approximate surface area is 95.9 Å². The molecule has 1 aromatic heterocycles. The zero-order valence-corrected chi connectivity index (χ0v) is 9.70. The number of nitriles is 1. The molecule has 0 radical (unpaired) electrons. The van der Waals surface area contributed by atoms with Crippen LogP contribution in [0.3, 0.4) is 0 Å². The number of anilines is 1. The largest absolute Gasteiger partial charge is 0.354 e. The van der Waals surface area contributed by atoms with Gasteiger partial charge >= 0.3 is 0 Å². The van der Waals surface area contributed by atoms with Crippen molar-refractivity contribution in [3.63, 3.8) is 0 Å². The van der Waals surface area contributed by atoms with Crippen molar-refractivity contribution in [1.29, 1.82) is 5.26 Å². The molecule has 4 nitrogen and oxygen atoms in total. The van der Waals surface area contributed by atoms with Crippen molar-refractivity contribution in [3.05, 3.63) is 23.4 Å². The molecule has 1 unspecified atom stereocenters. The van der Waals surface area contributed by atoms with Crippen LogP contribution in [0, 0.1) is 18.3 Å². The van der Waals surface area contributed by atoms with Gasteiger partial charge in [-0.2, -0.15) is 5.26 Å². The lowest BCUT2D eigenvalue weighted by Gasteiger charge is -2.25. The third kappa shape index (κ3) is 2.00. The molecule has 0 aromatic carbocycles. The van der Waals surface area contributed by atoms with Crippen molar-refractivity contribution in [3.8, 4) is 6.07 Å². The van der Waals surface area contributed by atoms with Crippen LogP contribution in [-0.4, -0.2) is 31.2 Å². The summed E-state index contributed by atoms with van der Waals surface area (Å²) >= 11 is 0. The average molecular weight is 216 g/mol. The fourth-order valence-corrected chi connectivity index (χ4v) is 2.04. The third-order valence-corrected chi connectivity index (χ3v) is 3.05. The number of nitrogens with zero attached hydrogens (tertiary/aromatic N) is 3. The zero-order valence-electron chi connectivity index (χ0n) is 9.70. The number of aryl methyl sites for hydroxylation is 1. The van der Waals surface area contributed by atoms with Crippen LogP contribution in [0.1, 0.15) is 17.7 Å². The first-order valence-electron chi connectivity index (χ1n) is 5.53. The van der Waals surface area contributed by atoms with E-state index in [9.17, 15) is 0 Å². The van der Waals surface area contributed by atoms with E-state index in [0.717, 1.165) is 31.0 Å². The molecule has 1 N–H and O–H groups in total. The summed E-state index contributed by atoms with van der Waals surface area (Å²) in [5.74, 6) is 0.802. The van der Waals surface area contributed by atoms with Crippen LogP contribution in [0.2, 0.25) is 0 Å². The Bertz CT molecular complexity index is 416. The van der Waals surface area contributed by atoms with E-state index in [1.807, 2.05) is 26.1 Å². The van der Waals surface area contributed by atoms with Crippen molar-refractivity contribution in [2.24, 2.45) is 0 Å². The molecule has 2 heterocycles. The Morgan fingerprint density at radius 2 is 2.38 bits per heavy atom. The van der Waals surface area contributed by atoms with E-state index < -0.39 is 0 Å². The molecule has 0 bridgehead atoms. The Hall–Kier alpha value is -1.60. The summed E-state index contributed by atoms with van der Waals surface area (Å²) in [6, 6.07) is 6.37. The zero-order chi connectivity index (χ0) is 11.5. The molecule has 1 aromatic rings. The minimum Gasteiger partial charge on any atom is -0.354 e. The van der Waals surface area contributed by atoms with Crippen molar-refractivity contribution in [2.45, 2.75) is 19.4 Å². The number of pyridine rings is 1. The second-order valence-electron chi connectivity index (χ2n) is 4.19. The van der Waals surface area contributed by atoms with E-state index in [0.29, 0.717) is 11.6 Å². The lowest BCUT2D eigenvalue weighted by atomic mass is 10.2. The van der Waals surface area contributed by atoms with Crippen LogP contribution in [0.5, 0.6) is 0 Å². The molecule has 16 heavy (non-hydrogen) atoms. The molecule has 0 saturated carbocycles. The second-order valence-corrected chi connectivity index (χ2v) is 4.19. The molecule has 0 spiro atoms. The van der Waals surface area contributed by atoms with E-state index in [2.05, 4.69) is 21.3 Å². The van der Waals surface area contributed by atoms with E-state index in [4.69, 9.17) is 5.26 Å². The van der Waals surface area contributed by atoms with Gasteiger partial charge in [0.15, 0.2) is 0 Å². The van der Waals surface area contributed by atoms with Gasteiger partial charge in [0.05, 0.1) is 5.56 Å². The summed E-state index contributed by atoms with van der Waals surface area (Å²) in [7, 11) is 2.01. The van der Waals surface area contributed by atoms with Gasteiger partial charge in [-0.25, -0.2) is 4.98 Å². The van der Waals surface area contributed by atoms with Gasteiger partial charge in [-0.05, 0) is 32.0 Å². The predicted molar refractivity (Wildman–Crippen MR) is 63.4 cm³/mol. The predicted octanol–water partition coefficient (Wildman–Crippen LogP) is 1.06. The first-order chi connectivity index (χ1) is 7.72. The van der Waals surface area contributed by atoms with Crippen LogP contribution in [-0.2, 0) is 0 Å². The molecule has 1 atom stereocenters. The van der Waals surface area contributed by atoms with Crippen molar-refractivity contribution in [1.82, 2.24) is 10.3 Å². The summed E-state index contributed by atoms with van der Waals surface area (Å²) in [5.41, 5.74) is 1.60. The summed E-state index contributed by atoms with van der Waals surface area (Å²) < 4.78 is 0. The number of likely N-dealkylation sites (N-methyl/N-ethyl adjacent to an activating group) is 1. The standard InChI is InChI=1S/C12H16N4/c1-9-3-4-10(7-13)12(15-9)16(2)11-5-6-14-8-11/h3-4,11,14H,5-6,8H2,1-2H3. The maximum Gasteiger partial charge on any atom is 0.146 e. The maximum absolute atomic E-state index is 9.07. The van der Waals surface area contributed by atoms with Gasteiger partial charge in [-0.3, -0.25) is 0 Å². The second kappa shape index (κ2) is 4.50. The highest BCUT2D eigenvalue weighted by atomic mass is 15.2. The summed E-state index contributed by atoms with van der Waals surface area (Å²) in [6.07, 6.45) is 1.11. The Balaban J connectivity index is 2.31. The number of hydrogen-bond acceptors (Lipinski definition) is 4. The van der Waals surface area contributed by atoms with Crippen molar-refractivity contribution < 1.29 is 0 Å². The van der Waals surface area contributed by atoms with Crippen LogP contribution in [0.15, 0.2) is 12.1 Å². The number of aromatic nitrogens is 1. The number of hydrogen-bond donors (Lipinski definition) is 1. The first-order valence-corrected chi connectivity index (χ1v) is 5.53. The van der Waals surface area contributed by atoms with Gasteiger partial charge < -0.3 is 10.2 Å². The molecule has 0 aliphatic carbocycles. The monoisotopic (exact) mass is 216 g/mol. The van der Waals surface area contributed by atoms with Gasteiger partial charge in [-0.15, -0.1) is 0 Å². The minimum atomic E-state index is 0.446. The molecule has 84 valence electrons. The van der Waals surface area contributed by atoms with Crippen LogP contribution < -0.4 is 10.2 Å². The molecule has 0 amide bonds. The fraction of sp³-hybridized carbons (Fsp3) is 0.500. The van der Waals surface area contributed by atoms with Crippen molar-refractivity contribution >= 4 is 5.82 Å². The summed E-state index contributed by atoms with van der Waals surface area (Å²) in [4.78, 5) is 6.58. The van der Waals surface area contributed by atoms with E-state index >= 15 is 0 Å². The molecule has 1 fully saturated rings. The van der Waals surface area contributed by atoms with Gasteiger partial charge in [0, 0.05) is 25.3 Å².